The maximum atomic E-state index is 14.0. The molecule has 0 aliphatic rings. The molecule has 1 heterocycles. The summed E-state index contributed by atoms with van der Waals surface area (Å²) in [7, 11) is 0. The average Bonchev–Trinajstić information content (AvgIpc) is 2.43. The molecule has 0 saturated heterocycles. The molecule has 0 unspecified atom stereocenters. The molecule has 1 aromatic carbocycles. The van der Waals surface area contributed by atoms with Gasteiger partial charge in [-0.3, -0.25) is 4.98 Å². The van der Waals surface area contributed by atoms with Crippen molar-refractivity contribution >= 4 is 11.8 Å². The van der Waals surface area contributed by atoms with Gasteiger partial charge in [0.2, 0.25) is 0 Å². The Hall–Kier alpha value is -1.46. The van der Waals surface area contributed by atoms with E-state index in [4.69, 9.17) is 0 Å². The van der Waals surface area contributed by atoms with Crippen molar-refractivity contribution < 1.29 is 4.39 Å². The summed E-state index contributed by atoms with van der Waals surface area (Å²) < 4.78 is 14.0. The average molecular weight is 291 g/mol. The minimum absolute atomic E-state index is 0.218. The third-order valence-electron chi connectivity index (χ3n) is 2.66. The normalized spacial score (nSPS) is 11.0. The third-order valence-corrected chi connectivity index (χ3v) is 3.74. The standard InChI is InChI=1S/C15H18FN3S/c1-11(2)8-18-9-12-4-3-5-13(16)15(12)20-14-10-17-6-7-19-14/h3-7,10-11,18H,8-9H2,1-2H3. The van der Waals surface area contributed by atoms with E-state index in [-0.39, 0.29) is 5.82 Å². The van der Waals surface area contributed by atoms with Crippen molar-refractivity contribution in [1.82, 2.24) is 15.3 Å². The maximum absolute atomic E-state index is 14.0. The van der Waals surface area contributed by atoms with E-state index in [9.17, 15) is 4.39 Å². The van der Waals surface area contributed by atoms with Crippen molar-refractivity contribution in [2.75, 3.05) is 6.54 Å². The Morgan fingerprint density at radius 1 is 1.30 bits per heavy atom. The lowest BCUT2D eigenvalue weighted by atomic mass is 10.2. The van der Waals surface area contributed by atoms with Gasteiger partial charge in [-0.1, -0.05) is 37.7 Å². The van der Waals surface area contributed by atoms with Crippen LogP contribution in [0.15, 0.2) is 46.7 Å². The van der Waals surface area contributed by atoms with Crippen molar-refractivity contribution in [3.8, 4) is 0 Å². The van der Waals surface area contributed by atoms with Gasteiger partial charge in [-0.25, -0.2) is 9.37 Å². The van der Waals surface area contributed by atoms with Crippen LogP contribution < -0.4 is 5.32 Å². The Morgan fingerprint density at radius 2 is 2.15 bits per heavy atom. The number of nitrogens with one attached hydrogen (secondary N) is 1. The monoisotopic (exact) mass is 291 g/mol. The van der Waals surface area contributed by atoms with Gasteiger partial charge in [-0.15, -0.1) is 0 Å². The lowest BCUT2D eigenvalue weighted by Crippen LogP contribution is -2.19. The predicted octanol–water partition coefficient (Wildman–Crippen LogP) is 3.51. The van der Waals surface area contributed by atoms with E-state index in [2.05, 4.69) is 29.1 Å². The van der Waals surface area contributed by atoms with Crippen LogP contribution in [0.2, 0.25) is 0 Å². The fourth-order valence-electron chi connectivity index (χ4n) is 1.75. The summed E-state index contributed by atoms with van der Waals surface area (Å²) in [6.45, 7) is 5.85. The van der Waals surface area contributed by atoms with Gasteiger partial charge in [0, 0.05) is 18.9 Å². The number of hydrogen-bond acceptors (Lipinski definition) is 4. The Kier molecular flexibility index (Phi) is 5.49. The van der Waals surface area contributed by atoms with E-state index in [1.807, 2.05) is 6.07 Å². The van der Waals surface area contributed by atoms with Gasteiger partial charge >= 0.3 is 0 Å². The van der Waals surface area contributed by atoms with Crippen LogP contribution in [-0.2, 0) is 6.54 Å². The topological polar surface area (TPSA) is 37.8 Å². The first-order valence-electron chi connectivity index (χ1n) is 6.59. The zero-order valence-electron chi connectivity index (χ0n) is 11.6. The lowest BCUT2D eigenvalue weighted by Gasteiger charge is -2.12. The van der Waals surface area contributed by atoms with Crippen LogP contribution in [0, 0.1) is 11.7 Å². The molecule has 0 aliphatic carbocycles. The molecule has 0 atom stereocenters. The number of benzene rings is 1. The highest BCUT2D eigenvalue weighted by molar-refractivity contribution is 7.99. The number of rotatable bonds is 6. The SMILES string of the molecule is CC(C)CNCc1cccc(F)c1Sc1cnccn1. The largest absolute Gasteiger partial charge is 0.312 e. The zero-order chi connectivity index (χ0) is 14.4. The van der Waals surface area contributed by atoms with E-state index in [0.29, 0.717) is 22.4 Å². The summed E-state index contributed by atoms with van der Waals surface area (Å²) in [6.07, 6.45) is 4.86. The quantitative estimate of drug-likeness (QED) is 0.884. The molecule has 0 bridgehead atoms. The van der Waals surface area contributed by atoms with E-state index in [1.54, 1.807) is 24.7 Å². The summed E-state index contributed by atoms with van der Waals surface area (Å²) in [5, 5.41) is 4.04. The fourth-order valence-corrected chi connectivity index (χ4v) is 2.62. The molecule has 106 valence electrons. The fraction of sp³-hybridized carbons (Fsp3) is 0.333. The molecule has 5 heteroatoms. The van der Waals surface area contributed by atoms with Crippen LogP contribution in [-0.4, -0.2) is 16.5 Å². The van der Waals surface area contributed by atoms with Gasteiger partial charge in [0.15, 0.2) is 0 Å². The summed E-state index contributed by atoms with van der Waals surface area (Å²) in [4.78, 5) is 8.80. The van der Waals surface area contributed by atoms with Gasteiger partial charge < -0.3 is 5.32 Å². The molecule has 0 fully saturated rings. The molecular formula is C15H18FN3S. The van der Waals surface area contributed by atoms with Crippen LogP contribution >= 0.6 is 11.8 Å². The molecule has 1 N–H and O–H groups in total. The molecule has 3 nitrogen and oxygen atoms in total. The number of halogens is 1. The van der Waals surface area contributed by atoms with Crippen LogP contribution in [0.3, 0.4) is 0 Å². The van der Waals surface area contributed by atoms with Gasteiger partial charge in [0.1, 0.15) is 10.8 Å². The molecule has 0 radical (unpaired) electrons. The molecular weight excluding hydrogens is 273 g/mol. The summed E-state index contributed by atoms with van der Waals surface area (Å²) in [5.74, 6) is 0.351. The first kappa shape index (κ1) is 14.9. The van der Waals surface area contributed by atoms with Crippen molar-refractivity contribution in [2.45, 2.75) is 30.3 Å². The Balaban J connectivity index is 2.14. The van der Waals surface area contributed by atoms with E-state index < -0.39 is 0 Å². The summed E-state index contributed by atoms with van der Waals surface area (Å²) >= 11 is 1.31. The highest BCUT2D eigenvalue weighted by atomic mass is 32.2. The molecule has 0 saturated carbocycles. The van der Waals surface area contributed by atoms with Crippen LogP contribution in [0.1, 0.15) is 19.4 Å². The zero-order valence-corrected chi connectivity index (χ0v) is 12.5. The smallest absolute Gasteiger partial charge is 0.137 e. The third kappa shape index (κ3) is 4.28. The molecule has 20 heavy (non-hydrogen) atoms. The lowest BCUT2D eigenvalue weighted by molar-refractivity contribution is 0.543. The van der Waals surface area contributed by atoms with Crippen LogP contribution in [0.25, 0.3) is 0 Å². The Labute approximate surface area is 123 Å². The summed E-state index contributed by atoms with van der Waals surface area (Å²) in [6, 6.07) is 5.15. The van der Waals surface area contributed by atoms with Gasteiger partial charge in [0.05, 0.1) is 11.1 Å². The van der Waals surface area contributed by atoms with Crippen molar-refractivity contribution in [3.05, 3.63) is 48.2 Å². The molecule has 2 rings (SSSR count). The van der Waals surface area contributed by atoms with Crippen LogP contribution in [0.5, 0.6) is 0 Å². The van der Waals surface area contributed by atoms with E-state index in [1.165, 1.54) is 17.8 Å². The minimum Gasteiger partial charge on any atom is -0.312 e. The van der Waals surface area contributed by atoms with Gasteiger partial charge in [-0.05, 0) is 24.1 Å². The predicted molar refractivity (Wildman–Crippen MR) is 79.1 cm³/mol. The second-order valence-corrected chi connectivity index (χ2v) is 5.93. The van der Waals surface area contributed by atoms with Gasteiger partial charge in [0.25, 0.3) is 0 Å². The molecule has 0 spiro atoms. The highest BCUT2D eigenvalue weighted by Crippen LogP contribution is 2.31. The Morgan fingerprint density at radius 3 is 2.85 bits per heavy atom. The van der Waals surface area contributed by atoms with E-state index in [0.717, 1.165) is 12.1 Å². The first-order chi connectivity index (χ1) is 9.66. The first-order valence-corrected chi connectivity index (χ1v) is 7.40. The number of hydrogen-bond donors (Lipinski definition) is 1. The molecule has 2 aromatic rings. The van der Waals surface area contributed by atoms with Crippen LogP contribution in [0.4, 0.5) is 4.39 Å². The maximum Gasteiger partial charge on any atom is 0.137 e. The second-order valence-electron chi connectivity index (χ2n) is 4.90. The molecule has 0 amide bonds. The Bertz CT molecular complexity index is 546. The van der Waals surface area contributed by atoms with Crippen molar-refractivity contribution in [3.63, 3.8) is 0 Å². The van der Waals surface area contributed by atoms with Gasteiger partial charge in [-0.2, -0.15) is 0 Å². The number of aromatic nitrogens is 2. The molecule has 0 aliphatic heterocycles. The molecule has 1 aromatic heterocycles. The van der Waals surface area contributed by atoms with Crippen molar-refractivity contribution in [1.29, 1.82) is 0 Å². The second kappa shape index (κ2) is 7.36. The van der Waals surface area contributed by atoms with E-state index >= 15 is 0 Å². The summed E-state index contributed by atoms with van der Waals surface area (Å²) in [5.41, 5.74) is 0.946. The highest BCUT2D eigenvalue weighted by Gasteiger charge is 2.11. The minimum atomic E-state index is -0.218. The van der Waals surface area contributed by atoms with Crippen molar-refractivity contribution in [2.24, 2.45) is 5.92 Å². The number of nitrogens with zero attached hydrogens (tertiary/aromatic N) is 2.